The van der Waals surface area contributed by atoms with E-state index in [1.54, 1.807) is 0 Å². The van der Waals surface area contributed by atoms with Gasteiger partial charge in [-0.3, -0.25) is 4.68 Å². The van der Waals surface area contributed by atoms with Gasteiger partial charge >= 0.3 is 0 Å². The molecule has 4 nitrogen and oxygen atoms in total. The topological polar surface area (TPSA) is 53.1 Å². The van der Waals surface area contributed by atoms with Crippen molar-refractivity contribution in [3.8, 4) is 0 Å². The Labute approximate surface area is 89.7 Å². The molecule has 1 aromatic rings. The highest BCUT2D eigenvalue weighted by Crippen LogP contribution is 2.24. The second-order valence-corrected chi connectivity index (χ2v) is 3.76. The molecule has 4 heteroatoms. The average molecular weight is 207 g/mol. The molecule has 0 saturated carbocycles. The third-order valence-electron chi connectivity index (χ3n) is 2.69. The average Bonchev–Trinajstić information content (AvgIpc) is 2.85. The van der Waals surface area contributed by atoms with Crippen molar-refractivity contribution in [2.75, 3.05) is 6.61 Å². The Morgan fingerprint density at radius 1 is 1.67 bits per heavy atom. The van der Waals surface area contributed by atoms with Gasteiger partial charge in [-0.15, -0.1) is 0 Å². The van der Waals surface area contributed by atoms with Gasteiger partial charge in [0.25, 0.3) is 0 Å². The molecule has 1 aliphatic rings. The summed E-state index contributed by atoms with van der Waals surface area (Å²) in [5, 5.41) is 4.38. The molecule has 2 N–H and O–H groups in total. The number of aromatic nitrogens is 2. The molecule has 1 aromatic heterocycles. The lowest BCUT2D eigenvalue weighted by molar-refractivity contribution is 0.223. The third-order valence-corrected chi connectivity index (χ3v) is 2.69. The number of rotatable bonds is 3. The van der Waals surface area contributed by atoms with E-state index in [1.807, 2.05) is 17.8 Å². The zero-order valence-electron chi connectivity index (χ0n) is 9.23. The van der Waals surface area contributed by atoms with E-state index in [4.69, 9.17) is 10.5 Å². The first kappa shape index (κ1) is 10.2. The van der Waals surface area contributed by atoms with Crippen LogP contribution < -0.4 is 5.73 Å². The second-order valence-electron chi connectivity index (χ2n) is 3.76. The van der Waals surface area contributed by atoms with Gasteiger partial charge in [0.15, 0.2) is 0 Å². The Morgan fingerprint density at radius 3 is 3.00 bits per heavy atom. The molecule has 0 bridgehead atoms. The second kappa shape index (κ2) is 4.06. The van der Waals surface area contributed by atoms with E-state index in [1.165, 1.54) is 0 Å². The van der Waals surface area contributed by atoms with Gasteiger partial charge in [-0.25, -0.2) is 0 Å². The van der Waals surface area contributed by atoms with Gasteiger partial charge in [0, 0.05) is 13.5 Å². The molecule has 0 aliphatic carbocycles. The van der Waals surface area contributed by atoms with E-state index < -0.39 is 0 Å². The summed E-state index contributed by atoms with van der Waals surface area (Å²) in [7, 11) is 1.92. The first-order chi connectivity index (χ1) is 7.22. The molecule has 0 fully saturated rings. The molecule has 0 radical (unpaired) electrons. The van der Waals surface area contributed by atoms with Crippen LogP contribution in [0.4, 0.5) is 0 Å². The lowest BCUT2D eigenvalue weighted by Gasteiger charge is -2.12. The Kier molecular flexibility index (Phi) is 2.77. The third kappa shape index (κ3) is 1.90. The lowest BCUT2D eigenvalue weighted by Crippen LogP contribution is -2.17. The molecule has 2 heterocycles. The van der Waals surface area contributed by atoms with Crippen LogP contribution in [0.15, 0.2) is 17.9 Å². The number of hydrogen-bond donors (Lipinski definition) is 1. The molecule has 0 amide bonds. The maximum absolute atomic E-state index is 6.12. The maximum atomic E-state index is 6.12. The van der Waals surface area contributed by atoms with Crippen LogP contribution in [-0.4, -0.2) is 16.4 Å². The summed E-state index contributed by atoms with van der Waals surface area (Å²) in [6, 6.07) is 1.87. The van der Waals surface area contributed by atoms with Gasteiger partial charge in [0.1, 0.15) is 11.8 Å². The molecular formula is C11H17N3O. The summed E-state index contributed by atoms with van der Waals surface area (Å²) in [5.41, 5.74) is 8.20. The van der Waals surface area contributed by atoms with Crippen molar-refractivity contribution in [2.45, 2.75) is 25.8 Å². The fraction of sp³-hybridized carbons (Fsp3) is 0.545. The van der Waals surface area contributed by atoms with Crippen molar-refractivity contribution in [1.82, 2.24) is 9.78 Å². The summed E-state index contributed by atoms with van der Waals surface area (Å²) in [6.45, 7) is 2.84. The van der Waals surface area contributed by atoms with Gasteiger partial charge in [-0.1, -0.05) is 6.92 Å². The minimum absolute atomic E-state index is 0.176. The van der Waals surface area contributed by atoms with Crippen LogP contribution in [0, 0.1) is 0 Å². The fourth-order valence-electron chi connectivity index (χ4n) is 1.81. The van der Waals surface area contributed by atoms with Gasteiger partial charge in [-0.05, 0) is 18.6 Å². The zero-order chi connectivity index (χ0) is 10.8. The predicted molar refractivity (Wildman–Crippen MR) is 58.2 cm³/mol. The summed E-state index contributed by atoms with van der Waals surface area (Å²) in [5.74, 6) is 0.876. The number of ether oxygens (including phenoxy) is 1. The molecule has 2 rings (SSSR count). The van der Waals surface area contributed by atoms with E-state index in [9.17, 15) is 0 Å². The van der Waals surface area contributed by atoms with Crippen molar-refractivity contribution >= 4 is 0 Å². The normalized spacial score (nSPS) is 17.4. The number of nitrogens with zero attached hydrogens (tertiary/aromatic N) is 2. The summed E-state index contributed by atoms with van der Waals surface area (Å²) in [4.78, 5) is 0. The molecule has 0 spiro atoms. The molecule has 82 valence electrons. The summed E-state index contributed by atoms with van der Waals surface area (Å²) >= 11 is 0. The smallest absolute Gasteiger partial charge is 0.115 e. The van der Waals surface area contributed by atoms with Crippen LogP contribution in [-0.2, 0) is 18.2 Å². The first-order valence-corrected chi connectivity index (χ1v) is 5.33. The largest absolute Gasteiger partial charge is 0.496 e. The molecule has 1 atom stereocenters. The Morgan fingerprint density at radius 2 is 2.47 bits per heavy atom. The number of nitrogens with two attached hydrogens (primary N) is 1. The minimum Gasteiger partial charge on any atom is -0.496 e. The minimum atomic E-state index is -0.176. The molecule has 1 aliphatic heterocycles. The molecule has 1 unspecified atom stereocenters. The molecule has 0 saturated heterocycles. The van der Waals surface area contributed by atoms with Gasteiger partial charge in [0.05, 0.1) is 18.0 Å². The number of hydrogen-bond acceptors (Lipinski definition) is 3. The van der Waals surface area contributed by atoms with Crippen LogP contribution in [0.5, 0.6) is 0 Å². The van der Waals surface area contributed by atoms with Gasteiger partial charge < -0.3 is 10.5 Å². The highest BCUT2D eigenvalue weighted by molar-refractivity contribution is 5.22. The van der Waals surface area contributed by atoms with Crippen LogP contribution in [0.2, 0.25) is 0 Å². The van der Waals surface area contributed by atoms with Crippen molar-refractivity contribution < 1.29 is 4.74 Å². The van der Waals surface area contributed by atoms with E-state index >= 15 is 0 Å². The van der Waals surface area contributed by atoms with Crippen LogP contribution >= 0.6 is 0 Å². The SMILES string of the molecule is CCc1cc(C(N)C2=CCCO2)n(C)n1. The Balaban J connectivity index is 2.24. The van der Waals surface area contributed by atoms with Crippen molar-refractivity contribution in [3.63, 3.8) is 0 Å². The molecule has 15 heavy (non-hydrogen) atoms. The summed E-state index contributed by atoms with van der Waals surface area (Å²) < 4.78 is 7.30. The van der Waals surface area contributed by atoms with Crippen molar-refractivity contribution in [3.05, 3.63) is 29.3 Å². The van der Waals surface area contributed by atoms with Gasteiger partial charge in [0.2, 0.25) is 0 Å². The fourth-order valence-corrected chi connectivity index (χ4v) is 1.81. The molecular weight excluding hydrogens is 190 g/mol. The van der Waals surface area contributed by atoms with E-state index in [2.05, 4.69) is 18.1 Å². The van der Waals surface area contributed by atoms with Crippen LogP contribution in [0.3, 0.4) is 0 Å². The molecule has 0 aromatic carbocycles. The number of aryl methyl sites for hydroxylation is 2. The Hall–Kier alpha value is -1.29. The zero-order valence-corrected chi connectivity index (χ0v) is 9.23. The van der Waals surface area contributed by atoms with E-state index in [0.717, 1.165) is 36.6 Å². The van der Waals surface area contributed by atoms with Crippen LogP contribution in [0.1, 0.15) is 30.8 Å². The van der Waals surface area contributed by atoms with E-state index in [0.29, 0.717) is 0 Å². The standard InChI is InChI=1S/C11H17N3O/c1-3-8-7-9(14(2)13-8)11(12)10-5-4-6-15-10/h5,7,11H,3-4,6,12H2,1-2H3. The van der Waals surface area contributed by atoms with Crippen LogP contribution in [0.25, 0.3) is 0 Å². The van der Waals surface area contributed by atoms with Crippen molar-refractivity contribution in [1.29, 1.82) is 0 Å². The quantitative estimate of drug-likeness (QED) is 0.812. The predicted octanol–water partition coefficient (Wildman–Crippen LogP) is 1.29. The van der Waals surface area contributed by atoms with E-state index in [-0.39, 0.29) is 6.04 Å². The Bertz CT molecular complexity index is 381. The first-order valence-electron chi connectivity index (χ1n) is 5.33. The van der Waals surface area contributed by atoms with Gasteiger partial charge in [-0.2, -0.15) is 5.10 Å². The highest BCUT2D eigenvalue weighted by Gasteiger charge is 2.20. The summed E-state index contributed by atoms with van der Waals surface area (Å²) in [6.07, 6.45) is 3.95. The lowest BCUT2D eigenvalue weighted by atomic mass is 10.1. The monoisotopic (exact) mass is 207 g/mol. The highest BCUT2D eigenvalue weighted by atomic mass is 16.5. The maximum Gasteiger partial charge on any atom is 0.115 e. The van der Waals surface area contributed by atoms with Crippen molar-refractivity contribution in [2.24, 2.45) is 12.8 Å².